The first-order valence-corrected chi connectivity index (χ1v) is 6.73. The highest BCUT2D eigenvalue weighted by Crippen LogP contribution is 2.28. The van der Waals surface area contributed by atoms with Crippen molar-refractivity contribution in [3.8, 4) is 11.5 Å². The summed E-state index contributed by atoms with van der Waals surface area (Å²) in [7, 11) is 0. The molecular weight excluding hydrogens is 240 g/mol. The average Bonchev–Trinajstić information content (AvgIpc) is 2.89. The minimum absolute atomic E-state index is 0.363. The lowest BCUT2D eigenvalue weighted by Crippen LogP contribution is -2.34. The number of pyridine rings is 1. The van der Waals surface area contributed by atoms with Gasteiger partial charge in [0.05, 0.1) is 0 Å². The molecule has 2 atom stereocenters. The van der Waals surface area contributed by atoms with Crippen molar-refractivity contribution >= 4 is 0 Å². The second-order valence-electron chi connectivity index (χ2n) is 5.20. The van der Waals surface area contributed by atoms with Gasteiger partial charge in [-0.2, -0.15) is 4.98 Å². The van der Waals surface area contributed by atoms with Gasteiger partial charge >= 0.3 is 0 Å². The van der Waals surface area contributed by atoms with E-state index in [4.69, 9.17) is 4.52 Å². The van der Waals surface area contributed by atoms with Gasteiger partial charge in [-0.15, -0.1) is 0 Å². The second-order valence-corrected chi connectivity index (χ2v) is 5.20. The van der Waals surface area contributed by atoms with Gasteiger partial charge < -0.3 is 9.84 Å². The van der Waals surface area contributed by atoms with Gasteiger partial charge in [0.15, 0.2) is 0 Å². The predicted octanol–water partition coefficient (Wildman–Crippen LogP) is 2.30. The quantitative estimate of drug-likeness (QED) is 0.895. The molecule has 1 fully saturated rings. The van der Waals surface area contributed by atoms with Gasteiger partial charge in [-0.3, -0.25) is 4.98 Å². The molecule has 1 aliphatic heterocycles. The summed E-state index contributed by atoms with van der Waals surface area (Å²) >= 11 is 0. The topological polar surface area (TPSA) is 63.8 Å². The maximum Gasteiger partial charge on any atom is 0.230 e. The lowest BCUT2D eigenvalue weighted by atomic mass is 9.93. The van der Waals surface area contributed by atoms with Crippen LogP contribution >= 0.6 is 0 Å². The Morgan fingerprint density at radius 1 is 1.42 bits per heavy atom. The lowest BCUT2D eigenvalue weighted by molar-refractivity contribution is 0.295. The van der Waals surface area contributed by atoms with E-state index in [-0.39, 0.29) is 0 Å². The van der Waals surface area contributed by atoms with E-state index in [1.54, 1.807) is 6.20 Å². The van der Waals surface area contributed by atoms with Gasteiger partial charge in [0.2, 0.25) is 11.7 Å². The molecule has 1 aliphatic rings. The normalized spacial score (nSPS) is 23.5. The third-order valence-electron chi connectivity index (χ3n) is 3.64. The number of rotatable bonds is 2. The number of hydrogen-bond acceptors (Lipinski definition) is 5. The molecule has 0 saturated carbocycles. The molecule has 0 bridgehead atoms. The Balaban J connectivity index is 1.85. The molecule has 19 heavy (non-hydrogen) atoms. The predicted molar refractivity (Wildman–Crippen MR) is 71.7 cm³/mol. The van der Waals surface area contributed by atoms with E-state index < -0.39 is 0 Å². The fourth-order valence-electron chi connectivity index (χ4n) is 2.57. The number of nitrogens with one attached hydrogen (secondary N) is 1. The zero-order valence-corrected chi connectivity index (χ0v) is 11.3. The smallest absolute Gasteiger partial charge is 0.230 e. The number of hydrogen-bond donors (Lipinski definition) is 1. The van der Waals surface area contributed by atoms with E-state index in [2.05, 4.69) is 27.4 Å². The Bertz CT molecular complexity index is 566. The van der Waals surface area contributed by atoms with E-state index in [9.17, 15) is 0 Å². The molecule has 2 aromatic rings. The molecule has 0 aliphatic carbocycles. The Labute approximate surface area is 112 Å². The molecule has 5 heteroatoms. The van der Waals surface area contributed by atoms with Crippen LogP contribution in [0.25, 0.3) is 11.5 Å². The molecular formula is C14H18N4O. The van der Waals surface area contributed by atoms with E-state index in [0.29, 0.717) is 17.8 Å². The van der Waals surface area contributed by atoms with Gasteiger partial charge in [0.25, 0.3) is 0 Å². The Morgan fingerprint density at radius 3 is 3.11 bits per heavy atom. The third kappa shape index (κ3) is 2.51. The monoisotopic (exact) mass is 258 g/mol. The van der Waals surface area contributed by atoms with Crippen molar-refractivity contribution < 1.29 is 4.52 Å². The van der Waals surface area contributed by atoms with Crippen LogP contribution in [0.15, 0.2) is 22.9 Å². The van der Waals surface area contributed by atoms with Gasteiger partial charge in [-0.05, 0) is 44.9 Å². The summed E-state index contributed by atoms with van der Waals surface area (Å²) in [5.74, 6) is 1.70. The van der Waals surface area contributed by atoms with Crippen molar-refractivity contribution in [2.75, 3.05) is 6.54 Å². The summed E-state index contributed by atoms with van der Waals surface area (Å²) in [5, 5.41) is 7.51. The lowest BCUT2D eigenvalue weighted by Gasteiger charge is -2.25. The number of aryl methyl sites for hydroxylation is 1. The van der Waals surface area contributed by atoms with Crippen LogP contribution in [0.5, 0.6) is 0 Å². The molecule has 5 nitrogen and oxygen atoms in total. The molecule has 0 aromatic carbocycles. The standard InChI is InChI=1S/C14H18N4O/c1-9-4-3-6-16-12(9)13-17-14(19-18-13)11-5-7-15-10(2)8-11/h3-4,6,10-11,15H,5,7-8H2,1-2H3. The molecule has 2 unspecified atom stereocenters. The van der Waals surface area contributed by atoms with E-state index in [0.717, 1.165) is 36.5 Å². The minimum atomic E-state index is 0.363. The Hall–Kier alpha value is -1.75. The molecule has 1 N–H and O–H groups in total. The Morgan fingerprint density at radius 2 is 2.32 bits per heavy atom. The van der Waals surface area contributed by atoms with Crippen molar-refractivity contribution in [2.24, 2.45) is 0 Å². The van der Waals surface area contributed by atoms with Crippen LogP contribution in [-0.4, -0.2) is 27.7 Å². The van der Waals surface area contributed by atoms with Crippen molar-refractivity contribution in [3.63, 3.8) is 0 Å². The highest BCUT2D eigenvalue weighted by atomic mass is 16.5. The molecule has 1 saturated heterocycles. The fraction of sp³-hybridized carbons (Fsp3) is 0.500. The maximum absolute atomic E-state index is 5.43. The van der Waals surface area contributed by atoms with Crippen LogP contribution in [0.3, 0.4) is 0 Å². The van der Waals surface area contributed by atoms with Crippen LogP contribution in [0, 0.1) is 6.92 Å². The van der Waals surface area contributed by atoms with Crippen LogP contribution in [0.4, 0.5) is 0 Å². The van der Waals surface area contributed by atoms with Crippen molar-refractivity contribution in [1.82, 2.24) is 20.4 Å². The summed E-state index contributed by atoms with van der Waals surface area (Å²) in [6.45, 7) is 5.20. The zero-order valence-electron chi connectivity index (χ0n) is 11.3. The van der Waals surface area contributed by atoms with E-state index in [1.807, 2.05) is 19.1 Å². The van der Waals surface area contributed by atoms with Gasteiger partial charge in [-0.25, -0.2) is 0 Å². The minimum Gasteiger partial charge on any atom is -0.339 e. The number of aromatic nitrogens is 3. The summed E-state index contributed by atoms with van der Waals surface area (Å²) in [4.78, 5) is 8.86. The molecule has 0 spiro atoms. The summed E-state index contributed by atoms with van der Waals surface area (Å²) in [5.41, 5.74) is 1.87. The van der Waals surface area contributed by atoms with Gasteiger partial charge in [0.1, 0.15) is 5.69 Å². The number of piperidine rings is 1. The van der Waals surface area contributed by atoms with Crippen LogP contribution in [0.1, 0.15) is 37.1 Å². The molecule has 0 radical (unpaired) electrons. The molecule has 2 aromatic heterocycles. The first-order valence-electron chi connectivity index (χ1n) is 6.73. The van der Waals surface area contributed by atoms with Gasteiger partial charge in [0, 0.05) is 18.2 Å². The first kappa shape index (κ1) is 12.3. The van der Waals surface area contributed by atoms with Crippen molar-refractivity contribution in [1.29, 1.82) is 0 Å². The molecule has 0 amide bonds. The van der Waals surface area contributed by atoms with Crippen molar-refractivity contribution in [2.45, 2.75) is 38.6 Å². The third-order valence-corrected chi connectivity index (χ3v) is 3.64. The SMILES string of the molecule is Cc1cccnc1-c1noc(C2CCNC(C)C2)n1. The summed E-state index contributed by atoms with van der Waals surface area (Å²) in [6, 6.07) is 4.42. The molecule has 3 rings (SSSR count). The van der Waals surface area contributed by atoms with E-state index in [1.165, 1.54) is 0 Å². The first-order chi connectivity index (χ1) is 9.24. The van der Waals surface area contributed by atoms with E-state index >= 15 is 0 Å². The average molecular weight is 258 g/mol. The zero-order chi connectivity index (χ0) is 13.2. The fourth-order valence-corrected chi connectivity index (χ4v) is 2.57. The largest absolute Gasteiger partial charge is 0.339 e. The van der Waals surface area contributed by atoms with Gasteiger partial charge in [-0.1, -0.05) is 11.2 Å². The maximum atomic E-state index is 5.43. The van der Waals surface area contributed by atoms with Crippen LogP contribution < -0.4 is 5.32 Å². The van der Waals surface area contributed by atoms with Crippen LogP contribution in [0.2, 0.25) is 0 Å². The highest BCUT2D eigenvalue weighted by molar-refractivity contribution is 5.53. The summed E-state index contributed by atoms with van der Waals surface area (Å²) < 4.78 is 5.43. The van der Waals surface area contributed by atoms with Crippen molar-refractivity contribution in [3.05, 3.63) is 29.8 Å². The highest BCUT2D eigenvalue weighted by Gasteiger charge is 2.25. The Kier molecular flexibility index (Phi) is 3.29. The molecule has 100 valence electrons. The molecule has 3 heterocycles. The number of nitrogens with zero attached hydrogens (tertiary/aromatic N) is 3. The summed E-state index contributed by atoms with van der Waals surface area (Å²) in [6.07, 6.45) is 3.85. The van der Waals surface area contributed by atoms with Crippen LogP contribution in [-0.2, 0) is 0 Å². The second kappa shape index (κ2) is 5.09.